The Morgan fingerprint density at radius 2 is 2.58 bits per heavy atom. The summed E-state index contributed by atoms with van der Waals surface area (Å²) in [6.45, 7) is 0.924. The second kappa shape index (κ2) is 3.87. The van der Waals surface area contributed by atoms with Gasteiger partial charge in [-0.1, -0.05) is 0 Å². The number of aromatic carboxylic acids is 1. The highest BCUT2D eigenvalue weighted by Gasteiger charge is 2.08. The second-order valence-electron chi connectivity index (χ2n) is 2.24. The predicted octanol–water partition coefficient (Wildman–Crippen LogP) is 0.228. The van der Waals surface area contributed by atoms with E-state index in [0.29, 0.717) is 13.2 Å². The van der Waals surface area contributed by atoms with Crippen LogP contribution in [0, 0.1) is 0 Å². The van der Waals surface area contributed by atoms with E-state index < -0.39 is 5.97 Å². The van der Waals surface area contributed by atoms with Crippen molar-refractivity contribution in [3.8, 4) is 0 Å². The van der Waals surface area contributed by atoms with Gasteiger partial charge >= 0.3 is 5.97 Å². The van der Waals surface area contributed by atoms with Gasteiger partial charge in [0.25, 0.3) is 0 Å². The summed E-state index contributed by atoms with van der Waals surface area (Å²) in [6.07, 6.45) is 1.46. The van der Waals surface area contributed by atoms with Crippen LogP contribution < -0.4 is 0 Å². The molecule has 12 heavy (non-hydrogen) atoms. The number of carboxylic acid groups (broad SMARTS) is 1. The van der Waals surface area contributed by atoms with Crippen LogP contribution in [0.4, 0.5) is 0 Å². The Morgan fingerprint density at radius 3 is 3.17 bits per heavy atom. The Bertz CT molecular complexity index is 269. The number of rotatable bonds is 4. The maximum Gasteiger partial charge on any atom is 0.354 e. The largest absolute Gasteiger partial charge is 0.477 e. The molecule has 0 fully saturated rings. The minimum Gasteiger partial charge on any atom is -0.477 e. The average Bonchev–Trinajstić information content (AvgIpc) is 2.48. The predicted molar refractivity (Wildman–Crippen MR) is 41.1 cm³/mol. The molecule has 0 saturated heterocycles. The molecule has 1 aromatic heterocycles. The molecule has 0 bridgehead atoms. The number of methoxy groups -OCH3 is 1. The third-order valence-electron chi connectivity index (χ3n) is 1.44. The van der Waals surface area contributed by atoms with E-state index in [1.54, 1.807) is 7.11 Å². The molecule has 0 saturated carbocycles. The van der Waals surface area contributed by atoms with Gasteiger partial charge in [0.1, 0.15) is 5.69 Å². The Labute approximate surface area is 69.6 Å². The van der Waals surface area contributed by atoms with Crippen molar-refractivity contribution in [3.05, 3.63) is 18.0 Å². The fraction of sp³-hybridized carbons (Fsp3) is 0.429. The van der Waals surface area contributed by atoms with Crippen molar-refractivity contribution in [1.29, 1.82) is 0 Å². The second-order valence-corrected chi connectivity index (χ2v) is 2.24. The minimum absolute atomic E-state index is 0.187. The summed E-state index contributed by atoms with van der Waals surface area (Å²) < 4.78 is 6.19. The Hall–Kier alpha value is -1.36. The lowest BCUT2D eigenvalue weighted by atomic mass is 10.4. The van der Waals surface area contributed by atoms with Gasteiger partial charge in [-0.3, -0.25) is 4.68 Å². The molecule has 5 heteroatoms. The molecule has 0 spiro atoms. The topological polar surface area (TPSA) is 64.4 Å². The molecular formula is C7H10N2O3. The van der Waals surface area contributed by atoms with Gasteiger partial charge in [0.15, 0.2) is 0 Å². The molecule has 0 aliphatic carbocycles. The number of hydrogen-bond donors (Lipinski definition) is 1. The van der Waals surface area contributed by atoms with Crippen LogP contribution in [-0.2, 0) is 11.3 Å². The molecule has 0 aliphatic heterocycles. The van der Waals surface area contributed by atoms with E-state index >= 15 is 0 Å². The molecule has 1 rings (SSSR count). The molecule has 0 amide bonds. The van der Waals surface area contributed by atoms with Gasteiger partial charge in [-0.15, -0.1) is 0 Å². The van der Waals surface area contributed by atoms with Crippen molar-refractivity contribution in [2.75, 3.05) is 13.7 Å². The lowest BCUT2D eigenvalue weighted by molar-refractivity contribution is 0.0680. The highest BCUT2D eigenvalue weighted by molar-refractivity contribution is 5.85. The van der Waals surface area contributed by atoms with Crippen LogP contribution in [0.25, 0.3) is 0 Å². The normalized spacial score (nSPS) is 10.1. The number of hydrogen-bond acceptors (Lipinski definition) is 3. The molecule has 5 nitrogen and oxygen atoms in total. The van der Waals surface area contributed by atoms with E-state index in [1.807, 2.05) is 0 Å². The highest BCUT2D eigenvalue weighted by atomic mass is 16.5. The van der Waals surface area contributed by atoms with Crippen LogP contribution in [-0.4, -0.2) is 34.6 Å². The van der Waals surface area contributed by atoms with Crippen LogP contribution in [0.15, 0.2) is 12.3 Å². The number of ether oxygens (including phenoxy) is 1. The summed E-state index contributed by atoms with van der Waals surface area (Å²) in [4.78, 5) is 10.5. The number of carboxylic acids is 1. The molecule has 0 atom stereocenters. The van der Waals surface area contributed by atoms with E-state index in [2.05, 4.69) is 5.10 Å². The Kier molecular flexibility index (Phi) is 2.82. The highest BCUT2D eigenvalue weighted by Crippen LogP contribution is 1.97. The molecule has 0 aliphatic rings. The molecular weight excluding hydrogens is 160 g/mol. The van der Waals surface area contributed by atoms with E-state index in [4.69, 9.17) is 9.84 Å². The summed E-state index contributed by atoms with van der Waals surface area (Å²) in [7, 11) is 1.56. The van der Waals surface area contributed by atoms with E-state index in [-0.39, 0.29) is 5.69 Å². The van der Waals surface area contributed by atoms with Crippen molar-refractivity contribution >= 4 is 5.97 Å². The van der Waals surface area contributed by atoms with Crippen molar-refractivity contribution in [3.63, 3.8) is 0 Å². The van der Waals surface area contributed by atoms with Crippen molar-refractivity contribution in [2.24, 2.45) is 0 Å². The standard InChI is InChI=1S/C7H10N2O3/c1-12-5-4-9-6(7(10)11)2-3-8-9/h2-3H,4-5H2,1H3,(H,10,11). The fourth-order valence-electron chi connectivity index (χ4n) is 0.870. The number of carbonyl (C=O) groups is 1. The summed E-state index contributed by atoms with van der Waals surface area (Å²) >= 11 is 0. The number of aromatic nitrogens is 2. The van der Waals surface area contributed by atoms with Gasteiger partial charge in [-0.25, -0.2) is 4.79 Å². The summed E-state index contributed by atoms with van der Waals surface area (Å²) in [5.41, 5.74) is 0.187. The van der Waals surface area contributed by atoms with Crippen molar-refractivity contribution in [2.45, 2.75) is 6.54 Å². The molecule has 0 radical (unpaired) electrons. The third-order valence-corrected chi connectivity index (χ3v) is 1.44. The first-order valence-corrected chi connectivity index (χ1v) is 3.49. The summed E-state index contributed by atoms with van der Waals surface area (Å²) in [6, 6.07) is 1.46. The monoisotopic (exact) mass is 170 g/mol. The van der Waals surface area contributed by atoms with Gasteiger partial charge < -0.3 is 9.84 Å². The van der Waals surface area contributed by atoms with Crippen molar-refractivity contribution < 1.29 is 14.6 Å². The Morgan fingerprint density at radius 1 is 1.83 bits per heavy atom. The molecule has 0 aromatic carbocycles. The zero-order valence-electron chi connectivity index (χ0n) is 6.73. The molecule has 66 valence electrons. The molecule has 0 unspecified atom stereocenters. The first-order valence-electron chi connectivity index (χ1n) is 3.49. The first-order chi connectivity index (χ1) is 5.75. The molecule has 1 aromatic rings. The molecule has 1 heterocycles. The van der Waals surface area contributed by atoms with E-state index in [9.17, 15) is 4.79 Å². The maximum absolute atomic E-state index is 10.5. The van der Waals surface area contributed by atoms with Crippen LogP contribution in [0.1, 0.15) is 10.5 Å². The maximum atomic E-state index is 10.5. The van der Waals surface area contributed by atoms with Crippen LogP contribution in [0.5, 0.6) is 0 Å². The van der Waals surface area contributed by atoms with Crippen molar-refractivity contribution in [1.82, 2.24) is 9.78 Å². The fourth-order valence-corrected chi connectivity index (χ4v) is 0.870. The van der Waals surface area contributed by atoms with E-state index in [0.717, 1.165) is 0 Å². The zero-order valence-corrected chi connectivity index (χ0v) is 6.73. The summed E-state index contributed by atoms with van der Waals surface area (Å²) in [5, 5.41) is 12.5. The van der Waals surface area contributed by atoms with Gasteiger partial charge in [0, 0.05) is 13.3 Å². The minimum atomic E-state index is -0.969. The van der Waals surface area contributed by atoms with Gasteiger partial charge in [0.05, 0.1) is 13.2 Å². The Balaban J connectivity index is 2.70. The summed E-state index contributed by atoms with van der Waals surface area (Å²) in [5.74, 6) is -0.969. The lowest BCUT2D eigenvalue weighted by Gasteiger charge is -2.01. The smallest absolute Gasteiger partial charge is 0.354 e. The lowest BCUT2D eigenvalue weighted by Crippen LogP contribution is -2.12. The SMILES string of the molecule is COCCn1nccc1C(=O)O. The van der Waals surface area contributed by atoms with Crippen LogP contribution in [0.3, 0.4) is 0 Å². The van der Waals surface area contributed by atoms with Gasteiger partial charge in [-0.2, -0.15) is 5.10 Å². The first kappa shape index (κ1) is 8.73. The average molecular weight is 170 g/mol. The number of nitrogens with zero attached hydrogens (tertiary/aromatic N) is 2. The quantitative estimate of drug-likeness (QED) is 0.702. The van der Waals surface area contributed by atoms with Crippen LogP contribution >= 0.6 is 0 Å². The third kappa shape index (κ3) is 1.82. The van der Waals surface area contributed by atoms with Gasteiger partial charge in [0.2, 0.25) is 0 Å². The van der Waals surface area contributed by atoms with E-state index in [1.165, 1.54) is 16.9 Å². The van der Waals surface area contributed by atoms with Crippen LogP contribution in [0.2, 0.25) is 0 Å². The molecule has 1 N–H and O–H groups in total. The zero-order chi connectivity index (χ0) is 8.97. The van der Waals surface area contributed by atoms with Gasteiger partial charge in [-0.05, 0) is 6.07 Å².